The molecule has 1 amide bonds. The minimum absolute atomic E-state index is 0.126. The van der Waals surface area contributed by atoms with Gasteiger partial charge in [-0.05, 0) is 63.3 Å². The van der Waals surface area contributed by atoms with Crippen LogP contribution in [0.5, 0.6) is 0 Å². The van der Waals surface area contributed by atoms with Gasteiger partial charge in [0.05, 0.1) is 28.5 Å². The Morgan fingerprint density at radius 1 is 1.22 bits per heavy atom. The predicted molar refractivity (Wildman–Crippen MR) is 116 cm³/mol. The number of ether oxygens (including phenoxy) is 1. The Kier molecular flexibility index (Phi) is 5.58. The first-order valence-electron chi connectivity index (χ1n) is 10.5. The maximum absolute atomic E-state index is 13.7. The van der Waals surface area contributed by atoms with Gasteiger partial charge in [0.25, 0.3) is 0 Å². The van der Waals surface area contributed by atoms with E-state index in [0.29, 0.717) is 24.3 Å². The average Bonchev–Trinajstić information content (AvgIpc) is 3.12. The summed E-state index contributed by atoms with van der Waals surface area (Å²) in [5, 5.41) is 9.58. The molecule has 4 rings (SSSR count). The molecule has 3 heterocycles. The standard InChI is InChI=1S/C23H25FN4O4/c1-23(2,3)32-22(31)27-8-6-14(7-9-27)17-12-28(19-11-25-13-26-20(17)19)18-5-4-15(24)10-16(18)21(29)30/h4-5,10-14H,6-9H2,1-3H3,(H,29,30). The van der Waals surface area contributed by atoms with Crippen LogP contribution >= 0.6 is 0 Å². The van der Waals surface area contributed by atoms with Gasteiger partial charge in [0, 0.05) is 19.3 Å². The zero-order chi connectivity index (χ0) is 23.0. The van der Waals surface area contributed by atoms with Crippen LogP contribution in [0.15, 0.2) is 36.9 Å². The minimum atomic E-state index is -1.22. The number of rotatable bonds is 3. The highest BCUT2D eigenvalue weighted by Gasteiger charge is 2.30. The Hall–Kier alpha value is -3.49. The summed E-state index contributed by atoms with van der Waals surface area (Å²) in [5.41, 5.74) is 1.97. The van der Waals surface area contributed by atoms with E-state index in [4.69, 9.17) is 4.74 Å². The second-order valence-corrected chi connectivity index (χ2v) is 8.92. The molecule has 0 saturated carbocycles. The van der Waals surface area contributed by atoms with Gasteiger partial charge in [0.1, 0.15) is 17.7 Å². The highest BCUT2D eigenvalue weighted by atomic mass is 19.1. The zero-order valence-corrected chi connectivity index (χ0v) is 18.2. The molecular formula is C23H25FN4O4. The van der Waals surface area contributed by atoms with E-state index in [1.165, 1.54) is 18.5 Å². The molecule has 2 aromatic heterocycles. The van der Waals surface area contributed by atoms with Crippen molar-refractivity contribution in [2.75, 3.05) is 13.1 Å². The number of hydrogen-bond acceptors (Lipinski definition) is 5. The van der Waals surface area contributed by atoms with Gasteiger partial charge in [-0.2, -0.15) is 0 Å². The van der Waals surface area contributed by atoms with Crippen molar-refractivity contribution in [1.82, 2.24) is 19.4 Å². The van der Waals surface area contributed by atoms with Gasteiger partial charge >= 0.3 is 12.1 Å². The molecule has 0 radical (unpaired) electrons. The van der Waals surface area contributed by atoms with Crippen molar-refractivity contribution in [3.05, 3.63) is 53.9 Å². The molecule has 8 nitrogen and oxygen atoms in total. The van der Waals surface area contributed by atoms with Crippen LogP contribution in [-0.4, -0.2) is 55.3 Å². The Bertz CT molecular complexity index is 1180. The number of aromatic carboxylic acids is 1. The van der Waals surface area contributed by atoms with Crippen molar-refractivity contribution in [2.24, 2.45) is 0 Å². The molecule has 0 spiro atoms. The topological polar surface area (TPSA) is 97.5 Å². The molecule has 0 aliphatic carbocycles. The van der Waals surface area contributed by atoms with Crippen molar-refractivity contribution in [3.8, 4) is 5.69 Å². The molecule has 1 aliphatic rings. The second-order valence-electron chi connectivity index (χ2n) is 8.92. The number of piperidine rings is 1. The number of carboxylic acids is 1. The van der Waals surface area contributed by atoms with Crippen molar-refractivity contribution in [2.45, 2.75) is 45.1 Å². The first-order chi connectivity index (χ1) is 15.1. The van der Waals surface area contributed by atoms with Crippen LogP contribution in [-0.2, 0) is 4.74 Å². The van der Waals surface area contributed by atoms with Crippen molar-refractivity contribution < 1.29 is 23.8 Å². The fraction of sp³-hybridized carbons (Fsp3) is 0.391. The van der Waals surface area contributed by atoms with Crippen molar-refractivity contribution >= 4 is 23.1 Å². The lowest BCUT2D eigenvalue weighted by Crippen LogP contribution is -2.41. The summed E-state index contributed by atoms with van der Waals surface area (Å²) in [6.45, 7) is 6.62. The van der Waals surface area contributed by atoms with Gasteiger partial charge in [0.15, 0.2) is 0 Å². The van der Waals surface area contributed by atoms with E-state index in [-0.39, 0.29) is 17.6 Å². The van der Waals surface area contributed by atoms with E-state index < -0.39 is 17.4 Å². The van der Waals surface area contributed by atoms with E-state index in [1.54, 1.807) is 15.7 Å². The van der Waals surface area contributed by atoms with E-state index in [1.807, 2.05) is 27.0 Å². The fourth-order valence-corrected chi connectivity index (χ4v) is 4.08. The van der Waals surface area contributed by atoms with Crippen LogP contribution in [0, 0.1) is 5.82 Å². The SMILES string of the molecule is CC(C)(C)OC(=O)N1CCC(c2cn(-c3ccc(F)cc3C(=O)O)c3cncnc23)CC1. The van der Waals surface area contributed by atoms with Crippen LogP contribution < -0.4 is 0 Å². The molecule has 1 saturated heterocycles. The van der Waals surface area contributed by atoms with Crippen LogP contribution in [0.2, 0.25) is 0 Å². The monoisotopic (exact) mass is 440 g/mol. The number of carboxylic acid groups (broad SMARTS) is 1. The van der Waals surface area contributed by atoms with Gasteiger partial charge in [0.2, 0.25) is 0 Å². The highest BCUT2D eigenvalue weighted by molar-refractivity contribution is 5.93. The Morgan fingerprint density at radius 2 is 1.94 bits per heavy atom. The minimum Gasteiger partial charge on any atom is -0.478 e. The van der Waals surface area contributed by atoms with Crippen LogP contribution in [0.25, 0.3) is 16.7 Å². The van der Waals surface area contributed by atoms with Gasteiger partial charge < -0.3 is 19.3 Å². The number of halogens is 1. The Labute approximate surface area is 184 Å². The quantitative estimate of drug-likeness (QED) is 0.649. The molecule has 1 aliphatic heterocycles. The number of hydrogen-bond donors (Lipinski definition) is 1. The third kappa shape index (κ3) is 4.28. The fourth-order valence-electron chi connectivity index (χ4n) is 4.08. The molecule has 0 unspecified atom stereocenters. The van der Waals surface area contributed by atoms with Gasteiger partial charge in [-0.3, -0.25) is 0 Å². The molecule has 0 atom stereocenters. The predicted octanol–water partition coefficient (Wildman–Crippen LogP) is 4.37. The van der Waals surface area contributed by atoms with Crippen molar-refractivity contribution in [3.63, 3.8) is 0 Å². The zero-order valence-electron chi connectivity index (χ0n) is 18.2. The lowest BCUT2D eigenvalue weighted by Gasteiger charge is -2.33. The van der Waals surface area contributed by atoms with Gasteiger partial charge in [-0.15, -0.1) is 0 Å². The first kappa shape index (κ1) is 21.7. The molecule has 1 fully saturated rings. The van der Waals surface area contributed by atoms with Gasteiger partial charge in [-0.1, -0.05) is 0 Å². The normalized spacial score (nSPS) is 15.2. The number of carbonyl (C=O) groups excluding carboxylic acids is 1. The Balaban J connectivity index is 1.66. The third-order valence-electron chi connectivity index (χ3n) is 5.53. The van der Waals surface area contributed by atoms with Crippen LogP contribution in [0.3, 0.4) is 0 Å². The molecule has 1 N–H and O–H groups in total. The molecule has 32 heavy (non-hydrogen) atoms. The lowest BCUT2D eigenvalue weighted by molar-refractivity contribution is 0.0205. The summed E-state index contributed by atoms with van der Waals surface area (Å²) in [6.07, 6.45) is 6.05. The summed E-state index contributed by atoms with van der Waals surface area (Å²) < 4.78 is 20.9. The highest BCUT2D eigenvalue weighted by Crippen LogP contribution is 2.35. The largest absolute Gasteiger partial charge is 0.478 e. The second kappa shape index (κ2) is 8.22. The molecule has 0 bridgehead atoms. The molecular weight excluding hydrogens is 415 g/mol. The number of amides is 1. The number of benzene rings is 1. The van der Waals surface area contributed by atoms with Gasteiger partial charge in [-0.25, -0.2) is 23.9 Å². The number of fused-ring (bicyclic) bond motifs is 1. The molecule has 168 valence electrons. The molecule has 9 heteroatoms. The van der Waals surface area contributed by atoms with E-state index >= 15 is 0 Å². The van der Waals surface area contributed by atoms with Crippen LogP contribution in [0.1, 0.15) is 55.5 Å². The maximum atomic E-state index is 13.7. The number of likely N-dealkylation sites (tertiary alicyclic amines) is 1. The van der Waals surface area contributed by atoms with E-state index in [9.17, 15) is 19.1 Å². The molecule has 1 aromatic carbocycles. The van der Waals surface area contributed by atoms with Crippen molar-refractivity contribution in [1.29, 1.82) is 0 Å². The van der Waals surface area contributed by atoms with Crippen LogP contribution in [0.4, 0.5) is 9.18 Å². The lowest BCUT2D eigenvalue weighted by atomic mass is 9.90. The first-order valence-corrected chi connectivity index (χ1v) is 10.5. The third-order valence-corrected chi connectivity index (χ3v) is 5.53. The number of nitrogens with zero attached hydrogens (tertiary/aromatic N) is 4. The number of carbonyl (C=O) groups is 2. The maximum Gasteiger partial charge on any atom is 0.410 e. The smallest absolute Gasteiger partial charge is 0.410 e. The summed E-state index contributed by atoms with van der Waals surface area (Å²) in [6, 6.07) is 3.68. The Morgan fingerprint density at radius 3 is 2.59 bits per heavy atom. The van der Waals surface area contributed by atoms with E-state index in [2.05, 4.69) is 9.97 Å². The molecule has 3 aromatic rings. The summed E-state index contributed by atoms with van der Waals surface area (Å²) >= 11 is 0. The summed E-state index contributed by atoms with van der Waals surface area (Å²) in [5.74, 6) is -1.71. The number of aromatic nitrogens is 3. The summed E-state index contributed by atoms with van der Waals surface area (Å²) in [7, 11) is 0. The average molecular weight is 440 g/mol. The summed E-state index contributed by atoms with van der Waals surface area (Å²) in [4.78, 5) is 34.4. The van der Waals surface area contributed by atoms with E-state index in [0.717, 1.165) is 30.0 Å².